The molecular weight excluding hydrogens is 325 g/mol. The van der Waals surface area contributed by atoms with Crippen molar-refractivity contribution in [2.75, 3.05) is 42.3 Å². The molecule has 0 saturated heterocycles. The maximum Gasteiger partial charge on any atom is 4.00 e. The SMILES string of the molecule is CC(C)(C)C[c-]1cccc1.C[N-]C.C[N-]C.C[N-]C.[Zr+4]. The maximum atomic E-state index is 3.50. The Balaban J connectivity index is -0.000000108. The molecule has 0 spiro atoms. The molecule has 0 N–H and O–H groups in total. The zero-order chi connectivity index (χ0) is 15.7. The quantitative estimate of drug-likeness (QED) is 0.644. The van der Waals surface area contributed by atoms with Crippen molar-refractivity contribution in [2.24, 2.45) is 5.41 Å². The van der Waals surface area contributed by atoms with Gasteiger partial charge in [0, 0.05) is 0 Å². The van der Waals surface area contributed by atoms with E-state index in [1.807, 2.05) is 0 Å². The van der Waals surface area contributed by atoms with Gasteiger partial charge in [0.2, 0.25) is 0 Å². The molecule has 3 nitrogen and oxygen atoms in total. The fourth-order valence-electron chi connectivity index (χ4n) is 1.14. The van der Waals surface area contributed by atoms with Gasteiger partial charge in [-0.3, -0.25) is 0 Å². The average molecular weight is 359 g/mol. The Labute approximate surface area is 146 Å². The van der Waals surface area contributed by atoms with E-state index in [0.717, 1.165) is 0 Å². The van der Waals surface area contributed by atoms with Crippen molar-refractivity contribution in [3.63, 3.8) is 0 Å². The normalized spacial score (nSPS) is 8.65. The van der Waals surface area contributed by atoms with Gasteiger partial charge in [0.1, 0.15) is 0 Å². The van der Waals surface area contributed by atoms with Crippen molar-refractivity contribution in [3.05, 3.63) is 45.8 Å². The zero-order valence-electron chi connectivity index (χ0n) is 14.9. The first-order chi connectivity index (χ1) is 8.82. The van der Waals surface area contributed by atoms with Gasteiger partial charge >= 0.3 is 26.2 Å². The summed E-state index contributed by atoms with van der Waals surface area (Å²) in [7, 11) is 10.5. The van der Waals surface area contributed by atoms with Crippen LogP contribution in [0.3, 0.4) is 0 Å². The minimum Gasteiger partial charge on any atom is -0.668 e. The van der Waals surface area contributed by atoms with Gasteiger partial charge in [-0.15, -0.1) is 0 Å². The van der Waals surface area contributed by atoms with Crippen molar-refractivity contribution in [2.45, 2.75) is 27.2 Å². The Bertz CT molecular complexity index is 224. The van der Waals surface area contributed by atoms with Crippen LogP contribution >= 0.6 is 0 Å². The molecule has 0 saturated carbocycles. The number of rotatable bonds is 1. The molecular formula is C16H33N3Zr. The summed E-state index contributed by atoms with van der Waals surface area (Å²) < 4.78 is 0. The molecule has 0 aliphatic carbocycles. The van der Waals surface area contributed by atoms with E-state index in [1.54, 1.807) is 42.3 Å². The molecule has 0 atom stereocenters. The van der Waals surface area contributed by atoms with Crippen molar-refractivity contribution < 1.29 is 26.2 Å². The summed E-state index contributed by atoms with van der Waals surface area (Å²) in [5, 5.41) is 10.5. The summed E-state index contributed by atoms with van der Waals surface area (Å²) >= 11 is 0. The van der Waals surface area contributed by atoms with Crippen LogP contribution in [0.25, 0.3) is 16.0 Å². The minimum atomic E-state index is 0. The molecule has 1 rings (SSSR count). The fourth-order valence-corrected chi connectivity index (χ4v) is 1.14. The van der Waals surface area contributed by atoms with E-state index < -0.39 is 0 Å². The molecule has 0 bridgehead atoms. The Kier molecular flexibility index (Phi) is 30.3. The topological polar surface area (TPSA) is 42.3 Å². The maximum absolute atomic E-state index is 3.50. The van der Waals surface area contributed by atoms with Crippen LogP contribution in [0, 0.1) is 5.41 Å². The van der Waals surface area contributed by atoms with Crippen LogP contribution in [0.1, 0.15) is 26.3 Å². The predicted octanol–water partition coefficient (Wildman–Crippen LogP) is 4.85. The smallest absolute Gasteiger partial charge is 0.668 e. The third kappa shape index (κ3) is 36.2. The summed E-state index contributed by atoms with van der Waals surface area (Å²) in [5.74, 6) is 0. The average Bonchev–Trinajstić information content (AvgIpc) is 2.71. The van der Waals surface area contributed by atoms with Crippen LogP contribution in [0.2, 0.25) is 0 Å². The van der Waals surface area contributed by atoms with Crippen LogP contribution in [0.4, 0.5) is 0 Å². The number of hydrogen-bond donors (Lipinski definition) is 0. The van der Waals surface area contributed by atoms with Crippen molar-refractivity contribution in [3.8, 4) is 0 Å². The van der Waals surface area contributed by atoms with E-state index in [-0.39, 0.29) is 26.2 Å². The Morgan fingerprint density at radius 3 is 1.20 bits per heavy atom. The van der Waals surface area contributed by atoms with E-state index >= 15 is 0 Å². The van der Waals surface area contributed by atoms with Gasteiger partial charge in [-0.1, -0.05) is 27.2 Å². The summed E-state index contributed by atoms with van der Waals surface area (Å²) in [5.41, 5.74) is 1.88. The first-order valence-electron chi connectivity index (χ1n) is 6.47. The van der Waals surface area contributed by atoms with Crippen molar-refractivity contribution in [1.82, 2.24) is 0 Å². The van der Waals surface area contributed by atoms with Gasteiger partial charge in [-0.05, 0) is 5.41 Å². The Hall–Kier alpha value is 0.113. The van der Waals surface area contributed by atoms with Crippen LogP contribution in [-0.2, 0) is 32.6 Å². The van der Waals surface area contributed by atoms with E-state index in [9.17, 15) is 0 Å². The zero-order valence-corrected chi connectivity index (χ0v) is 17.3. The van der Waals surface area contributed by atoms with Gasteiger partial charge in [-0.25, -0.2) is 12.1 Å². The molecule has 0 amide bonds. The Morgan fingerprint density at radius 1 is 0.750 bits per heavy atom. The van der Waals surface area contributed by atoms with Crippen molar-refractivity contribution >= 4 is 0 Å². The summed E-state index contributed by atoms with van der Waals surface area (Å²) in [6, 6.07) is 8.57. The molecule has 0 unspecified atom stereocenters. The van der Waals surface area contributed by atoms with Gasteiger partial charge in [0.15, 0.2) is 0 Å². The molecule has 4 heteroatoms. The standard InChI is InChI=1S/C10H15.3C2H6N.Zr/c1-10(2,3)8-9-6-4-5-7-9;3*1-3-2;/h4-7H,8H2,1-3H3;3*1-2H3;/q4*-1;+4. The number of nitrogens with zero attached hydrogens (tertiary/aromatic N) is 3. The molecule has 0 radical (unpaired) electrons. The first kappa shape index (κ1) is 28.3. The van der Waals surface area contributed by atoms with Crippen LogP contribution < -0.4 is 0 Å². The molecule has 1 aromatic carbocycles. The third-order valence-corrected chi connectivity index (χ3v) is 1.47. The molecule has 1 aromatic rings. The van der Waals surface area contributed by atoms with Crippen LogP contribution in [0.15, 0.2) is 24.3 Å². The van der Waals surface area contributed by atoms with Crippen LogP contribution in [0.5, 0.6) is 0 Å². The third-order valence-electron chi connectivity index (χ3n) is 1.47. The van der Waals surface area contributed by atoms with Gasteiger partial charge in [-0.2, -0.15) is 60.0 Å². The minimum absolute atomic E-state index is 0. The molecule has 116 valence electrons. The second-order valence-electron chi connectivity index (χ2n) is 5.37. The number of hydrogen-bond acceptors (Lipinski definition) is 0. The molecule has 0 aromatic heterocycles. The van der Waals surface area contributed by atoms with E-state index in [4.69, 9.17) is 0 Å². The molecule has 0 aliphatic rings. The molecule has 0 heterocycles. The fraction of sp³-hybridized carbons (Fsp3) is 0.688. The van der Waals surface area contributed by atoms with E-state index in [0.29, 0.717) is 5.41 Å². The van der Waals surface area contributed by atoms with Crippen LogP contribution in [-0.4, -0.2) is 42.3 Å². The second kappa shape index (κ2) is 21.4. The second-order valence-corrected chi connectivity index (χ2v) is 5.37. The molecule has 20 heavy (non-hydrogen) atoms. The van der Waals surface area contributed by atoms with E-state index in [2.05, 4.69) is 61.0 Å². The molecule has 0 fully saturated rings. The first-order valence-corrected chi connectivity index (χ1v) is 6.47. The summed E-state index contributed by atoms with van der Waals surface area (Å²) in [6.45, 7) is 6.79. The van der Waals surface area contributed by atoms with Gasteiger partial charge in [0.05, 0.1) is 0 Å². The Morgan fingerprint density at radius 2 is 1.00 bits per heavy atom. The van der Waals surface area contributed by atoms with Gasteiger partial charge < -0.3 is 16.0 Å². The summed E-state index contributed by atoms with van der Waals surface area (Å²) in [6.07, 6.45) is 1.18. The summed E-state index contributed by atoms with van der Waals surface area (Å²) in [4.78, 5) is 0. The van der Waals surface area contributed by atoms with E-state index in [1.165, 1.54) is 12.0 Å². The van der Waals surface area contributed by atoms with Crippen molar-refractivity contribution in [1.29, 1.82) is 0 Å². The largest absolute Gasteiger partial charge is 4.00 e. The van der Waals surface area contributed by atoms with Gasteiger partial charge in [0.25, 0.3) is 0 Å². The molecule has 0 aliphatic heterocycles. The predicted molar refractivity (Wildman–Crippen MR) is 90.8 cm³/mol. The monoisotopic (exact) mass is 357 g/mol.